The van der Waals surface area contributed by atoms with Crippen LogP contribution in [0.15, 0.2) is 57.6 Å². The molecule has 1 aliphatic rings. The number of hydrogen-bond acceptors (Lipinski definition) is 4. The second kappa shape index (κ2) is 6.38. The van der Waals surface area contributed by atoms with Crippen LogP contribution in [-0.2, 0) is 9.53 Å². The Morgan fingerprint density at radius 3 is 2.61 bits per heavy atom. The van der Waals surface area contributed by atoms with Gasteiger partial charge >= 0.3 is 5.97 Å². The third-order valence-electron chi connectivity index (χ3n) is 3.39. The summed E-state index contributed by atoms with van der Waals surface area (Å²) in [6.45, 7) is 2.01. The zero-order valence-electron chi connectivity index (χ0n) is 12.7. The van der Waals surface area contributed by atoms with E-state index in [0.717, 1.165) is 15.6 Å². The van der Waals surface area contributed by atoms with E-state index in [1.165, 1.54) is 0 Å². The molecule has 0 fully saturated rings. The second-order valence-corrected chi connectivity index (χ2v) is 6.01. The van der Waals surface area contributed by atoms with Gasteiger partial charge in [0, 0.05) is 4.47 Å². The van der Waals surface area contributed by atoms with Gasteiger partial charge in [0.1, 0.15) is 5.75 Å². The summed E-state index contributed by atoms with van der Waals surface area (Å²) in [4.78, 5) is 16.4. The molecule has 0 saturated heterocycles. The van der Waals surface area contributed by atoms with Crippen LogP contribution >= 0.6 is 15.9 Å². The van der Waals surface area contributed by atoms with E-state index >= 15 is 0 Å². The zero-order chi connectivity index (χ0) is 16.4. The van der Waals surface area contributed by atoms with Crippen molar-refractivity contribution in [2.75, 3.05) is 7.11 Å². The van der Waals surface area contributed by atoms with Gasteiger partial charge in [0.2, 0.25) is 5.90 Å². The molecular formula is C18H14BrNO3. The molecule has 5 heteroatoms. The topological polar surface area (TPSA) is 47.9 Å². The molecule has 116 valence electrons. The SMILES string of the molecule is COc1ccc(Br)cc1C1=NC(=Cc2ccc(C)cc2)C(=O)O1. The Bertz CT molecular complexity index is 823. The van der Waals surface area contributed by atoms with E-state index in [4.69, 9.17) is 9.47 Å². The number of hydrogen-bond donors (Lipinski definition) is 0. The molecule has 0 unspecified atom stereocenters. The maximum atomic E-state index is 12.1. The van der Waals surface area contributed by atoms with Crippen molar-refractivity contribution in [3.63, 3.8) is 0 Å². The van der Waals surface area contributed by atoms with Crippen LogP contribution in [-0.4, -0.2) is 19.0 Å². The fourth-order valence-electron chi connectivity index (χ4n) is 2.19. The number of methoxy groups -OCH3 is 1. The predicted octanol–water partition coefficient (Wildman–Crippen LogP) is 4.11. The third kappa shape index (κ3) is 3.35. The summed E-state index contributed by atoms with van der Waals surface area (Å²) in [5.74, 6) is 0.366. The van der Waals surface area contributed by atoms with Gasteiger partial charge in [0.05, 0.1) is 12.7 Å². The first-order valence-electron chi connectivity index (χ1n) is 7.00. The molecule has 0 spiro atoms. The molecule has 0 saturated carbocycles. The highest BCUT2D eigenvalue weighted by molar-refractivity contribution is 9.10. The number of carbonyl (C=O) groups excluding carboxylic acids is 1. The van der Waals surface area contributed by atoms with Crippen LogP contribution in [0.3, 0.4) is 0 Å². The van der Waals surface area contributed by atoms with Gasteiger partial charge in [-0.25, -0.2) is 9.79 Å². The van der Waals surface area contributed by atoms with Crippen LogP contribution in [0, 0.1) is 6.92 Å². The number of benzene rings is 2. The van der Waals surface area contributed by atoms with Crippen molar-refractivity contribution in [3.05, 3.63) is 69.3 Å². The Kier molecular flexibility index (Phi) is 4.30. The Morgan fingerprint density at radius 1 is 1.17 bits per heavy atom. The maximum absolute atomic E-state index is 12.1. The average Bonchev–Trinajstić information content (AvgIpc) is 2.90. The Balaban J connectivity index is 1.98. The lowest BCUT2D eigenvalue weighted by molar-refractivity contribution is -0.129. The quantitative estimate of drug-likeness (QED) is 0.602. The van der Waals surface area contributed by atoms with Crippen LogP contribution in [0.4, 0.5) is 0 Å². The summed E-state index contributed by atoms with van der Waals surface area (Å²) >= 11 is 3.40. The van der Waals surface area contributed by atoms with Gasteiger partial charge in [-0.2, -0.15) is 0 Å². The van der Waals surface area contributed by atoms with Gasteiger partial charge in [-0.15, -0.1) is 0 Å². The zero-order valence-corrected chi connectivity index (χ0v) is 14.3. The number of aliphatic imine (C=N–C) groups is 1. The number of aryl methyl sites for hydroxylation is 1. The molecule has 0 radical (unpaired) electrons. The number of halogens is 1. The van der Waals surface area contributed by atoms with Crippen molar-refractivity contribution in [1.82, 2.24) is 0 Å². The molecule has 0 amide bonds. The predicted molar refractivity (Wildman–Crippen MR) is 92.5 cm³/mol. The number of esters is 1. The first kappa shape index (κ1) is 15.5. The molecular weight excluding hydrogens is 358 g/mol. The summed E-state index contributed by atoms with van der Waals surface area (Å²) in [7, 11) is 1.56. The van der Waals surface area contributed by atoms with E-state index in [-0.39, 0.29) is 11.6 Å². The fourth-order valence-corrected chi connectivity index (χ4v) is 2.55. The first-order valence-corrected chi connectivity index (χ1v) is 7.79. The highest BCUT2D eigenvalue weighted by atomic mass is 79.9. The van der Waals surface area contributed by atoms with Crippen LogP contribution in [0.25, 0.3) is 6.08 Å². The third-order valence-corrected chi connectivity index (χ3v) is 3.89. The summed E-state index contributed by atoms with van der Waals surface area (Å²) in [6.07, 6.45) is 1.71. The van der Waals surface area contributed by atoms with Crippen molar-refractivity contribution in [2.24, 2.45) is 4.99 Å². The minimum atomic E-state index is -0.470. The van der Waals surface area contributed by atoms with Gasteiger partial charge in [-0.05, 0) is 36.8 Å². The summed E-state index contributed by atoms with van der Waals surface area (Å²) < 4.78 is 11.4. The molecule has 1 heterocycles. The van der Waals surface area contributed by atoms with Crippen molar-refractivity contribution < 1.29 is 14.3 Å². The van der Waals surface area contributed by atoms with Gasteiger partial charge in [-0.3, -0.25) is 0 Å². The number of ether oxygens (including phenoxy) is 2. The maximum Gasteiger partial charge on any atom is 0.363 e. The van der Waals surface area contributed by atoms with Crippen LogP contribution in [0.2, 0.25) is 0 Å². The standard InChI is InChI=1S/C18H14BrNO3/c1-11-3-5-12(6-4-11)9-15-18(21)23-17(20-15)14-10-13(19)7-8-16(14)22-2/h3-10H,1-2H3. The van der Waals surface area contributed by atoms with Crippen molar-refractivity contribution >= 4 is 33.9 Å². The number of carbonyl (C=O) groups is 1. The van der Waals surface area contributed by atoms with Gasteiger partial charge in [0.25, 0.3) is 0 Å². The minimum absolute atomic E-state index is 0.242. The van der Waals surface area contributed by atoms with Crippen molar-refractivity contribution in [2.45, 2.75) is 6.92 Å². The van der Waals surface area contributed by atoms with Crippen LogP contribution in [0.5, 0.6) is 5.75 Å². The lowest BCUT2D eigenvalue weighted by atomic mass is 10.1. The van der Waals surface area contributed by atoms with E-state index < -0.39 is 5.97 Å². The summed E-state index contributed by atoms with van der Waals surface area (Å²) in [5, 5.41) is 0. The van der Waals surface area contributed by atoms with Crippen LogP contribution < -0.4 is 4.74 Å². The molecule has 0 bridgehead atoms. The van der Waals surface area contributed by atoms with E-state index in [9.17, 15) is 4.79 Å². The van der Waals surface area contributed by atoms with E-state index in [2.05, 4.69) is 20.9 Å². The molecule has 0 aromatic heterocycles. The molecule has 23 heavy (non-hydrogen) atoms. The lowest BCUT2D eigenvalue weighted by Gasteiger charge is -2.07. The average molecular weight is 372 g/mol. The fraction of sp³-hybridized carbons (Fsp3) is 0.111. The van der Waals surface area contributed by atoms with Crippen molar-refractivity contribution in [3.8, 4) is 5.75 Å². The van der Waals surface area contributed by atoms with E-state index in [1.54, 1.807) is 25.3 Å². The van der Waals surface area contributed by atoms with E-state index in [0.29, 0.717) is 11.3 Å². The van der Waals surface area contributed by atoms with Crippen LogP contribution in [0.1, 0.15) is 16.7 Å². The minimum Gasteiger partial charge on any atom is -0.496 e. The van der Waals surface area contributed by atoms with Gasteiger partial charge < -0.3 is 9.47 Å². The first-order chi connectivity index (χ1) is 11.1. The Hall–Kier alpha value is -2.40. The molecule has 0 N–H and O–H groups in total. The Morgan fingerprint density at radius 2 is 1.91 bits per heavy atom. The second-order valence-electron chi connectivity index (χ2n) is 5.09. The van der Waals surface area contributed by atoms with Crippen molar-refractivity contribution in [1.29, 1.82) is 0 Å². The lowest BCUT2D eigenvalue weighted by Crippen LogP contribution is -2.07. The summed E-state index contributed by atoms with van der Waals surface area (Å²) in [5.41, 5.74) is 2.95. The van der Waals surface area contributed by atoms with Gasteiger partial charge in [0.15, 0.2) is 5.70 Å². The number of nitrogens with zero attached hydrogens (tertiary/aromatic N) is 1. The molecule has 3 rings (SSSR count). The summed E-state index contributed by atoms with van der Waals surface area (Å²) in [6, 6.07) is 13.3. The largest absolute Gasteiger partial charge is 0.496 e. The number of cyclic esters (lactones) is 1. The van der Waals surface area contributed by atoms with Gasteiger partial charge in [-0.1, -0.05) is 45.8 Å². The highest BCUT2D eigenvalue weighted by Crippen LogP contribution is 2.28. The molecule has 0 aliphatic carbocycles. The highest BCUT2D eigenvalue weighted by Gasteiger charge is 2.26. The molecule has 0 atom stereocenters. The molecule has 4 nitrogen and oxygen atoms in total. The molecule has 2 aromatic rings. The number of rotatable bonds is 3. The monoisotopic (exact) mass is 371 g/mol. The Labute approximate surface area is 142 Å². The molecule has 2 aromatic carbocycles. The molecule has 1 aliphatic heterocycles. The smallest absolute Gasteiger partial charge is 0.363 e. The normalized spacial score (nSPS) is 15.5. The van der Waals surface area contributed by atoms with E-state index in [1.807, 2.05) is 37.3 Å².